The second-order valence-electron chi connectivity index (χ2n) is 8.35. The van der Waals surface area contributed by atoms with Crippen molar-refractivity contribution in [2.45, 2.75) is 76.9 Å². The van der Waals surface area contributed by atoms with Crippen LogP contribution in [0.2, 0.25) is 0 Å². The third-order valence-corrected chi connectivity index (χ3v) is 6.20. The molecule has 0 radical (unpaired) electrons. The first-order valence-corrected chi connectivity index (χ1v) is 9.85. The lowest BCUT2D eigenvalue weighted by Gasteiger charge is -2.42. The van der Waals surface area contributed by atoms with Gasteiger partial charge in [0.25, 0.3) is 0 Å². The third kappa shape index (κ3) is 3.33. The van der Waals surface area contributed by atoms with Crippen LogP contribution in [-0.4, -0.2) is 33.0 Å². The van der Waals surface area contributed by atoms with Gasteiger partial charge in [0, 0.05) is 11.5 Å². The number of benzene rings is 1. The number of carbonyl (C=O) groups is 1. The lowest BCUT2D eigenvalue weighted by Crippen LogP contribution is -2.50. The number of hydrogen-bond donors (Lipinski definition) is 3. The van der Waals surface area contributed by atoms with Gasteiger partial charge in [0.2, 0.25) is 0 Å². The van der Waals surface area contributed by atoms with Gasteiger partial charge in [-0.15, -0.1) is 0 Å². The summed E-state index contributed by atoms with van der Waals surface area (Å²) < 4.78 is 6.13. The first-order chi connectivity index (χ1) is 12.7. The Hall–Kier alpha value is -2.01. The molecule has 1 heterocycles. The number of carboxylic acid groups (broad SMARTS) is 1. The molecule has 1 aromatic carbocycles. The summed E-state index contributed by atoms with van der Waals surface area (Å²) in [5, 5.41) is 31.6. The highest BCUT2D eigenvalue weighted by Crippen LogP contribution is 2.57. The molecule has 5 nitrogen and oxygen atoms in total. The van der Waals surface area contributed by atoms with Crippen molar-refractivity contribution in [3.63, 3.8) is 0 Å². The van der Waals surface area contributed by atoms with E-state index in [-0.39, 0.29) is 23.1 Å². The number of fused-ring (bicyclic) bond motifs is 3. The summed E-state index contributed by atoms with van der Waals surface area (Å²) in [4.78, 5) is 11.9. The van der Waals surface area contributed by atoms with Crippen LogP contribution in [0.15, 0.2) is 18.2 Å². The number of aromatic carboxylic acids is 1. The molecule has 3 N–H and O–H groups in total. The fourth-order valence-electron chi connectivity index (χ4n) is 4.74. The molecule has 0 spiro atoms. The highest BCUT2D eigenvalue weighted by molar-refractivity contribution is 5.94. The monoisotopic (exact) mass is 374 g/mol. The largest absolute Gasteiger partial charge is 0.507 e. The van der Waals surface area contributed by atoms with Crippen molar-refractivity contribution < 1.29 is 24.9 Å². The van der Waals surface area contributed by atoms with E-state index in [2.05, 4.69) is 13.5 Å². The molecule has 1 fully saturated rings. The van der Waals surface area contributed by atoms with E-state index in [0.29, 0.717) is 29.7 Å². The van der Waals surface area contributed by atoms with Crippen LogP contribution in [0.25, 0.3) is 0 Å². The van der Waals surface area contributed by atoms with Crippen LogP contribution in [0.5, 0.6) is 11.5 Å². The van der Waals surface area contributed by atoms with Crippen LogP contribution in [0.4, 0.5) is 0 Å². The maximum Gasteiger partial charge on any atom is 0.339 e. The van der Waals surface area contributed by atoms with Gasteiger partial charge < -0.3 is 20.1 Å². The van der Waals surface area contributed by atoms with Crippen molar-refractivity contribution in [1.82, 2.24) is 0 Å². The number of carboxylic acids is 1. The predicted molar refractivity (Wildman–Crippen MR) is 104 cm³/mol. The molecule has 27 heavy (non-hydrogen) atoms. The Balaban J connectivity index is 2.12. The van der Waals surface area contributed by atoms with Crippen molar-refractivity contribution in [2.24, 2.45) is 5.92 Å². The van der Waals surface area contributed by atoms with Gasteiger partial charge in [0.15, 0.2) is 0 Å². The van der Waals surface area contributed by atoms with Crippen molar-refractivity contribution in [2.75, 3.05) is 0 Å². The number of allylic oxidation sites excluding steroid dienone is 1. The Morgan fingerprint density at radius 3 is 2.70 bits per heavy atom. The average Bonchev–Trinajstić information content (AvgIpc) is 2.95. The molecule has 1 aromatic rings. The van der Waals surface area contributed by atoms with Gasteiger partial charge in [0.05, 0.1) is 5.60 Å². The zero-order chi connectivity index (χ0) is 19.9. The Labute approximate surface area is 160 Å². The fraction of sp³-hybridized carbons (Fsp3) is 0.591. The molecule has 4 atom stereocenters. The summed E-state index contributed by atoms with van der Waals surface area (Å²) in [7, 11) is 0. The van der Waals surface area contributed by atoms with Crippen molar-refractivity contribution in [1.29, 1.82) is 0 Å². The molecule has 5 heteroatoms. The minimum Gasteiger partial charge on any atom is -0.507 e. The van der Waals surface area contributed by atoms with Crippen LogP contribution in [0, 0.1) is 5.92 Å². The normalized spacial score (nSPS) is 29.0. The molecule has 0 amide bonds. The highest BCUT2D eigenvalue weighted by Gasteiger charge is 2.54. The Kier molecular flexibility index (Phi) is 5.26. The van der Waals surface area contributed by atoms with Crippen molar-refractivity contribution >= 4 is 5.97 Å². The highest BCUT2D eigenvalue weighted by atomic mass is 16.5. The molecular weight excluding hydrogens is 344 g/mol. The van der Waals surface area contributed by atoms with Crippen LogP contribution in [0.1, 0.15) is 80.3 Å². The molecular formula is C22H30O5. The van der Waals surface area contributed by atoms with Crippen LogP contribution < -0.4 is 4.74 Å². The van der Waals surface area contributed by atoms with Crippen LogP contribution in [0.3, 0.4) is 0 Å². The van der Waals surface area contributed by atoms with E-state index >= 15 is 0 Å². The minimum atomic E-state index is -1.13. The van der Waals surface area contributed by atoms with E-state index < -0.39 is 17.7 Å². The smallest absolute Gasteiger partial charge is 0.339 e. The Morgan fingerprint density at radius 1 is 1.41 bits per heavy atom. The maximum atomic E-state index is 11.9. The standard InChI is InChI=1S/C22H30O5/c1-5-6-7-8-13-11-15-18(19(23)16(13)21(24)25)17-14(12(2)3)9-10-22(4,26)20(17)27-15/h11,14,17,20,23,26H,2,5-10H2,1,3-4H3,(H,24,25)/t14?,17?,20?,22-/m0/s1. The molecule has 0 saturated heterocycles. The number of hydrogen-bond acceptors (Lipinski definition) is 4. The van der Waals surface area contributed by atoms with Crippen LogP contribution >= 0.6 is 0 Å². The lowest BCUT2D eigenvalue weighted by atomic mass is 9.66. The second-order valence-corrected chi connectivity index (χ2v) is 8.35. The fourth-order valence-corrected chi connectivity index (χ4v) is 4.74. The second kappa shape index (κ2) is 7.19. The van der Waals surface area contributed by atoms with Crippen LogP contribution in [-0.2, 0) is 6.42 Å². The number of aromatic hydroxyl groups is 1. The summed E-state index contributed by atoms with van der Waals surface area (Å²) >= 11 is 0. The van der Waals surface area contributed by atoms with E-state index in [1.54, 1.807) is 13.0 Å². The van der Waals surface area contributed by atoms with Gasteiger partial charge in [-0.05, 0) is 57.1 Å². The quantitative estimate of drug-likeness (QED) is 0.507. The Bertz CT molecular complexity index is 764. The topological polar surface area (TPSA) is 87.0 Å². The summed E-state index contributed by atoms with van der Waals surface area (Å²) in [5.74, 6) is -1.07. The summed E-state index contributed by atoms with van der Waals surface area (Å²) in [6.07, 6.45) is 4.26. The van der Waals surface area contributed by atoms with Crippen molar-refractivity contribution in [3.8, 4) is 11.5 Å². The Morgan fingerprint density at radius 2 is 2.11 bits per heavy atom. The van der Waals surface area contributed by atoms with E-state index in [0.717, 1.165) is 31.3 Å². The van der Waals surface area contributed by atoms with Crippen molar-refractivity contribution in [3.05, 3.63) is 34.9 Å². The van der Waals surface area contributed by atoms with Gasteiger partial charge in [-0.3, -0.25) is 0 Å². The van der Waals surface area contributed by atoms with Gasteiger partial charge in [0.1, 0.15) is 23.2 Å². The minimum absolute atomic E-state index is 0.0280. The summed E-state index contributed by atoms with van der Waals surface area (Å²) in [5.41, 5.74) is 1.01. The average molecular weight is 374 g/mol. The zero-order valence-corrected chi connectivity index (χ0v) is 16.4. The number of aliphatic hydroxyl groups is 1. The summed E-state index contributed by atoms with van der Waals surface area (Å²) in [6, 6.07) is 1.76. The predicted octanol–water partition coefficient (Wildman–Crippen LogP) is 4.40. The van der Waals surface area contributed by atoms with Gasteiger partial charge in [-0.25, -0.2) is 4.79 Å². The van der Waals surface area contributed by atoms with Gasteiger partial charge in [-0.1, -0.05) is 31.9 Å². The number of ether oxygens (including phenoxy) is 1. The van der Waals surface area contributed by atoms with Gasteiger partial charge in [-0.2, -0.15) is 0 Å². The zero-order valence-electron chi connectivity index (χ0n) is 16.4. The molecule has 2 aliphatic rings. The maximum absolute atomic E-state index is 11.9. The van der Waals surface area contributed by atoms with E-state index in [9.17, 15) is 20.1 Å². The third-order valence-electron chi connectivity index (χ3n) is 6.20. The number of unbranched alkanes of at least 4 members (excludes halogenated alkanes) is 2. The number of phenols is 1. The molecule has 1 saturated carbocycles. The van der Waals surface area contributed by atoms with E-state index in [4.69, 9.17) is 4.74 Å². The molecule has 0 aromatic heterocycles. The molecule has 3 unspecified atom stereocenters. The molecule has 1 aliphatic heterocycles. The molecule has 148 valence electrons. The van der Waals surface area contributed by atoms with E-state index in [1.807, 2.05) is 6.92 Å². The van der Waals surface area contributed by atoms with E-state index in [1.165, 1.54) is 0 Å². The lowest BCUT2D eigenvalue weighted by molar-refractivity contribution is -0.0824. The molecule has 3 rings (SSSR count). The number of rotatable bonds is 6. The first kappa shape index (κ1) is 19.7. The van der Waals surface area contributed by atoms with Gasteiger partial charge >= 0.3 is 5.97 Å². The molecule has 0 bridgehead atoms. The molecule has 1 aliphatic carbocycles. The summed E-state index contributed by atoms with van der Waals surface area (Å²) in [6.45, 7) is 9.86. The number of aryl methyl sites for hydroxylation is 1. The first-order valence-electron chi connectivity index (χ1n) is 9.85. The SMILES string of the molecule is C=C(C)C1CC[C@](C)(O)C2Oc3cc(CCCCC)c(C(=O)O)c(O)c3C12.